The maximum atomic E-state index is 13.7. The molecule has 0 atom stereocenters. The summed E-state index contributed by atoms with van der Waals surface area (Å²) >= 11 is 0. The van der Waals surface area contributed by atoms with Crippen LogP contribution in [0, 0.1) is 5.82 Å². The SMILES string of the molecule is CC(C)(C)OC(=O)Nc1cnc(C2CC2)c(F)c1. The lowest BCUT2D eigenvalue weighted by molar-refractivity contribution is 0.0636. The molecule has 1 aromatic heterocycles. The topological polar surface area (TPSA) is 51.2 Å². The zero-order chi connectivity index (χ0) is 13.3. The molecule has 1 saturated carbocycles. The van der Waals surface area contributed by atoms with Gasteiger partial charge >= 0.3 is 6.09 Å². The zero-order valence-electron chi connectivity index (χ0n) is 10.8. The fraction of sp³-hybridized carbons (Fsp3) is 0.538. The predicted molar refractivity (Wildman–Crippen MR) is 66.0 cm³/mol. The number of anilines is 1. The largest absolute Gasteiger partial charge is 0.444 e. The van der Waals surface area contributed by atoms with Gasteiger partial charge in [-0.2, -0.15) is 0 Å². The lowest BCUT2D eigenvalue weighted by Crippen LogP contribution is -2.27. The number of amides is 1. The molecule has 1 heterocycles. The van der Waals surface area contributed by atoms with Crippen molar-refractivity contribution in [3.05, 3.63) is 23.8 Å². The van der Waals surface area contributed by atoms with E-state index in [9.17, 15) is 9.18 Å². The first kappa shape index (κ1) is 12.8. The minimum Gasteiger partial charge on any atom is -0.444 e. The molecular formula is C13H17FN2O2. The number of hydrogen-bond donors (Lipinski definition) is 1. The molecule has 1 aliphatic rings. The van der Waals surface area contributed by atoms with Crippen molar-refractivity contribution in [3.8, 4) is 0 Å². The van der Waals surface area contributed by atoms with E-state index >= 15 is 0 Å². The van der Waals surface area contributed by atoms with Gasteiger partial charge in [0.2, 0.25) is 0 Å². The second-order valence-corrected chi connectivity index (χ2v) is 5.49. The number of carbonyl (C=O) groups is 1. The van der Waals surface area contributed by atoms with Gasteiger partial charge in [-0.05, 0) is 33.6 Å². The fourth-order valence-electron chi connectivity index (χ4n) is 1.60. The van der Waals surface area contributed by atoms with Gasteiger partial charge in [0.25, 0.3) is 0 Å². The molecule has 1 N–H and O–H groups in total. The Balaban J connectivity index is 2.01. The molecule has 98 valence electrons. The van der Waals surface area contributed by atoms with E-state index in [2.05, 4.69) is 10.3 Å². The molecule has 0 aromatic carbocycles. The molecule has 0 spiro atoms. The van der Waals surface area contributed by atoms with Crippen molar-refractivity contribution in [1.29, 1.82) is 0 Å². The lowest BCUT2D eigenvalue weighted by Gasteiger charge is -2.19. The molecule has 0 bridgehead atoms. The number of nitrogens with zero attached hydrogens (tertiary/aromatic N) is 1. The van der Waals surface area contributed by atoms with Gasteiger partial charge in [-0.25, -0.2) is 9.18 Å². The van der Waals surface area contributed by atoms with Crippen molar-refractivity contribution in [2.75, 3.05) is 5.32 Å². The second-order valence-electron chi connectivity index (χ2n) is 5.49. The third-order valence-corrected chi connectivity index (χ3v) is 2.48. The Hall–Kier alpha value is -1.65. The molecule has 0 radical (unpaired) electrons. The van der Waals surface area contributed by atoms with Crippen molar-refractivity contribution < 1.29 is 13.9 Å². The Morgan fingerprint density at radius 1 is 1.50 bits per heavy atom. The Morgan fingerprint density at radius 2 is 2.17 bits per heavy atom. The van der Waals surface area contributed by atoms with Crippen LogP contribution >= 0.6 is 0 Å². The van der Waals surface area contributed by atoms with Crippen LogP contribution in [0.3, 0.4) is 0 Å². The number of carbonyl (C=O) groups excluding carboxylic acids is 1. The van der Waals surface area contributed by atoms with E-state index < -0.39 is 11.7 Å². The van der Waals surface area contributed by atoms with E-state index in [0.29, 0.717) is 11.4 Å². The van der Waals surface area contributed by atoms with E-state index in [-0.39, 0.29) is 11.7 Å². The smallest absolute Gasteiger partial charge is 0.412 e. The first-order chi connectivity index (χ1) is 8.35. The Morgan fingerprint density at radius 3 is 2.67 bits per heavy atom. The first-order valence-corrected chi connectivity index (χ1v) is 6.00. The highest BCUT2D eigenvalue weighted by Crippen LogP contribution is 2.40. The third-order valence-electron chi connectivity index (χ3n) is 2.48. The molecule has 2 rings (SSSR count). The van der Waals surface area contributed by atoms with E-state index in [1.54, 1.807) is 20.8 Å². The Labute approximate surface area is 106 Å². The van der Waals surface area contributed by atoms with E-state index in [1.807, 2.05) is 0 Å². The summed E-state index contributed by atoms with van der Waals surface area (Å²) in [6, 6.07) is 1.28. The second kappa shape index (κ2) is 4.55. The van der Waals surface area contributed by atoms with Gasteiger partial charge in [-0.1, -0.05) is 0 Å². The highest BCUT2D eigenvalue weighted by Gasteiger charge is 2.28. The van der Waals surface area contributed by atoms with Gasteiger partial charge < -0.3 is 4.74 Å². The fourth-order valence-corrected chi connectivity index (χ4v) is 1.60. The maximum Gasteiger partial charge on any atom is 0.412 e. The molecule has 1 aromatic rings. The van der Waals surface area contributed by atoms with E-state index in [0.717, 1.165) is 12.8 Å². The molecule has 0 unspecified atom stereocenters. The average molecular weight is 252 g/mol. The number of ether oxygens (including phenoxy) is 1. The normalized spacial score (nSPS) is 15.3. The zero-order valence-corrected chi connectivity index (χ0v) is 10.8. The number of hydrogen-bond acceptors (Lipinski definition) is 3. The van der Waals surface area contributed by atoms with E-state index in [1.165, 1.54) is 12.3 Å². The summed E-state index contributed by atoms with van der Waals surface area (Å²) in [5.74, 6) is -0.119. The molecule has 1 fully saturated rings. The summed E-state index contributed by atoms with van der Waals surface area (Å²) in [7, 11) is 0. The summed E-state index contributed by atoms with van der Waals surface area (Å²) in [5.41, 5.74) is 0.222. The first-order valence-electron chi connectivity index (χ1n) is 6.00. The van der Waals surface area contributed by atoms with Crippen LogP contribution in [0.2, 0.25) is 0 Å². The predicted octanol–water partition coefficient (Wildman–Crippen LogP) is 3.45. The van der Waals surface area contributed by atoms with E-state index in [4.69, 9.17) is 4.74 Å². The van der Waals surface area contributed by atoms with Crippen molar-refractivity contribution in [2.45, 2.75) is 45.1 Å². The summed E-state index contributed by atoms with van der Waals surface area (Å²) < 4.78 is 18.7. The number of nitrogens with one attached hydrogen (secondary N) is 1. The van der Waals surface area contributed by atoms with Gasteiger partial charge in [0.05, 0.1) is 17.6 Å². The van der Waals surface area contributed by atoms with Crippen molar-refractivity contribution in [3.63, 3.8) is 0 Å². The molecule has 1 amide bonds. The van der Waals surface area contributed by atoms with Crippen molar-refractivity contribution in [1.82, 2.24) is 4.98 Å². The van der Waals surface area contributed by atoms with Crippen LogP contribution in [0.4, 0.5) is 14.9 Å². The lowest BCUT2D eigenvalue weighted by atomic mass is 10.2. The van der Waals surface area contributed by atoms with Gasteiger partial charge in [-0.15, -0.1) is 0 Å². The highest BCUT2D eigenvalue weighted by atomic mass is 19.1. The van der Waals surface area contributed by atoms with Crippen molar-refractivity contribution >= 4 is 11.8 Å². The van der Waals surface area contributed by atoms with Crippen LogP contribution in [-0.4, -0.2) is 16.7 Å². The number of pyridine rings is 1. The summed E-state index contributed by atoms with van der Waals surface area (Å²) in [6.07, 6.45) is 2.83. The summed E-state index contributed by atoms with van der Waals surface area (Å²) in [4.78, 5) is 15.5. The molecule has 0 saturated heterocycles. The minimum atomic E-state index is -0.608. The van der Waals surface area contributed by atoms with Crippen LogP contribution < -0.4 is 5.32 Å². The summed E-state index contributed by atoms with van der Waals surface area (Å²) in [6.45, 7) is 5.30. The molecular weight excluding hydrogens is 235 g/mol. The van der Waals surface area contributed by atoms with Crippen LogP contribution in [0.15, 0.2) is 12.3 Å². The Kier molecular flexibility index (Phi) is 3.24. The van der Waals surface area contributed by atoms with Gasteiger partial charge in [0.15, 0.2) is 0 Å². The Bertz CT molecular complexity index is 465. The van der Waals surface area contributed by atoms with Gasteiger partial charge in [0.1, 0.15) is 11.4 Å². The standard InChI is InChI=1S/C13H17FN2O2/c1-13(2,3)18-12(17)16-9-6-10(14)11(15-7-9)8-4-5-8/h6-8H,4-5H2,1-3H3,(H,16,17). The molecule has 1 aliphatic carbocycles. The third kappa shape index (κ3) is 3.42. The summed E-state index contributed by atoms with van der Waals surface area (Å²) in [5, 5.41) is 2.46. The highest BCUT2D eigenvalue weighted by molar-refractivity contribution is 5.84. The number of aromatic nitrogens is 1. The van der Waals surface area contributed by atoms with Crippen LogP contribution in [0.1, 0.15) is 45.2 Å². The van der Waals surface area contributed by atoms with Gasteiger partial charge in [-0.3, -0.25) is 10.3 Å². The molecule has 0 aliphatic heterocycles. The van der Waals surface area contributed by atoms with Crippen LogP contribution in [0.25, 0.3) is 0 Å². The van der Waals surface area contributed by atoms with Crippen LogP contribution in [0.5, 0.6) is 0 Å². The molecule has 18 heavy (non-hydrogen) atoms. The minimum absolute atomic E-state index is 0.251. The molecule has 5 heteroatoms. The number of rotatable bonds is 2. The quantitative estimate of drug-likeness (QED) is 0.877. The van der Waals surface area contributed by atoms with Crippen LogP contribution in [-0.2, 0) is 4.74 Å². The monoisotopic (exact) mass is 252 g/mol. The number of halogens is 1. The van der Waals surface area contributed by atoms with Gasteiger partial charge in [0, 0.05) is 12.0 Å². The maximum absolute atomic E-state index is 13.7. The molecule has 4 nitrogen and oxygen atoms in total. The average Bonchev–Trinajstić information content (AvgIpc) is 2.97. The van der Waals surface area contributed by atoms with Crippen molar-refractivity contribution in [2.24, 2.45) is 0 Å².